The highest BCUT2D eigenvalue weighted by atomic mass is 16.3. The Hall–Kier alpha value is -0.160. The minimum absolute atomic E-state index is 0.0374. The minimum atomic E-state index is 0.0374. The molecule has 4 heteroatoms. The van der Waals surface area contributed by atoms with Gasteiger partial charge in [-0.3, -0.25) is 9.80 Å². The van der Waals surface area contributed by atoms with Crippen molar-refractivity contribution in [2.45, 2.75) is 38.9 Å². The molecule has 15 heavy (non-hydrogen) atoms. The van der Waals surface area contributed by atoms with Gasteiger partial charge in [0.05, 0.1) is 6.61 Å². The van der Waals surface area contributed by atoms with E-state index in [2.05, 4.69) is 23.6 Å². The first kappa shape index (κ1) is 12.9. The number of rotatable bonds is 4. The number of aliphatic hydroxyl groups excluding tert-OH is 1. The molecular weight excluding hydrogens is 190 g/mol. The van der Waals surface area contributed by atoms with Crippen molar-refractivity contribution in [2.24, 2.45) is 5.73 Å². The standard InChI is InChI=1S/C11H25N3O/c1-4-13-5-6-14(7-9(13)2)11(8-15)10(3)12/h9-11,15H,4-8,12H2,1-3H3. The average Bonchev–Trinajstić information content (AvgIpc) is 2.18. The fourth-order valence-corrected chi connectivity index (χ4v) is 2.41. The highest BCUT2D eigenvalue weighted by molar-refractivity contribution is 4.86. The molecule has 90 valence electrons. The van der Waals surface area contributed by atoms with Gasteiger partial charge in [-0.05, 0) is 20.4 Å². The van der Waals surface area contributed by atoms with Crippen molar-refractivity contribution < 1.29 is 5.11 Å². The largest absolute Gasteiger partial charge is 0.395 e. The highest BCUT2D eigenvalue weighted by Gasteiger charge is 2.28. The third-order valence-electron chi connectivity index (χ3n) is 3.47. The van der Waals surface area contributed by atoms with E-state index in [4.69, 9.17) is 5.73 Å². The van der Waals surface area contributed by atoms with Crippen molar-refractivity contribution in [1.29, 1.82) is 0 Å². The molecule has 0 aromatic heterocycles. The lowest BCUT2D eigenvalue weighted by Crippen LogP contribution is -2.59. The molecule has 0 aliphatic carbocycles. The number of aliphatic hydroxyl groups is 1. The van der Waals surface area contributed by atoms with Gasteiger partial charge in [0.15, 0.2) is 0 Å². The van der Waals surface area contributed by atoms with Crippen LogP contribution < -0.4 is 5.73 Å². The second-order valence-electron chi connectivity index (χ2n) is 4.58. The van der Waals surface area contributed by atoms with E-state index in [1.54, 1.807) is 0 Å². The highest BCUT2D eigenvalue weighted by Crippen LogP contribution is 2.13. The Morgan fingerprint density at radius 1 is 1.47 bits per heavy atom. The quantitative estimate of drug-likeness (QED) is 0.677. The van der Waals surface area contributed by atoms with Crippen molar-refractivity contribution in [3.63, 3.8) is 0 Å². The van der Waals surface area contributed by atoms with Crippen LogP contribution in [-0.4, -0.2) is 65.8 Å². The fraction of sp³-hybridized carbons (Fsp3) is 1.00. The number of piperazine rings is 1. The van der Waals surface area contributed by atoms with Crippen LogP contribution in [0.5, 0.6) is 0 Å². The van der Waals surface area contributed by atoms with E-state index in [0.29, 0.717) is 6.04 Å². The van der Waals surface area contributed by atoms with Gasteiger partial charge in [-0.15, -0.1) is 0 Å². The van der Waals surface area contributed by atoms with Gasteiger partial charge in [0.25, 0.3) is 0 Å². The lowest BCUT2D eigenvalue weighted by atomic mass is 10.1. The smallest absolute Gasteiger partial charge is 0.0601 e. The van der Waals surface area contributed by atoms with E-state index in [1.807, 2.05) is 6.92 Å². The molecule has 0 bridgehead atoms. The number of nitrogens with two attached hydrogens (primary N) is 1. The third-order valence-corrected chi connectivity index (χ3v) is 3.47. The monoisotopic (exact) mass is 215 g/mol. The summed E-state index contributed by atoms with van der Waals surface area (Å²) in [6.45, 7) is 10.8. The maximum atomic E-state index is 9.32. The maximum absolute atomic E-state index is 9.32. The lowest BCUT2D eigenvalue weighted by molar-refractivity contribution is 0.0300. The van der Waals surface area contributed by atoms with Crippen molar-refractivity contribution in [3.8, 4) is 0 Å². The van der Waals surface area contributed by atoms with E-state index in [1.165, 1.54) is 0 Å². The molecule has 1 saturated heterocycles. The van der Waals surface area contributed by atoms with Gasteiger partial charge < -0.3 is 10.8 Å². The Morgan fingerprint density at radius 2 is 2.13 bits per heavy atom. The predicted octanol–water partition coefficient (Wildman–Crippen LogP) is -0.279. The SMILES string of the molecule is CCN1CCN(C(CO)C(C)N)CC1C. The first-order valence-corrected chi connectivity index (χ1v) is 5.94. The van der Waals surface area contributed by atoms with Gasteiger partial charge in [-0.2, -0.15) is 0 Å². The van der Waals surface area contributed by atoms with Crippen LogP contribution in [0.1, 0.15) is 20.8 Å². The predicted molar refractivity (Wildman–Crippen MR) is 62.8 cm³/mol. The summed E-state index contributed by atoms with van der Waals surface area (Å²) in [6, 6.07) is 0.721. The van der Waals surface area contributed by atoms with Crippen LogP contribution >= 0.6 is 0 Å². The van der Waals surface area contributed by atoms with E-state index in [-0.39, 0.29) is 18.7 Å². The van der Waals surface area contributed by atoms with E-state index in [9.17, 15) is 5.11 Å². The Balaban J connectivity index is 2.52. The molecule has 1 heterocycles. The van der Waals surface area contributed by atoms with Gasteiger partial charge in [0.2, 0.25) is 0 Å². The third kappa shape index (κ3) is 3.14. The maximum Gasteiger partial charge on any atom is 0.0601 e. The van der Waals surface area contributed by atoms with Crippen LogP contribution in [0.3, 0.4) is 0 Å². The first-order valence-electron chi connectivity index (χ1n) is 5.94. The van der Waals surface area contributed by atoms with Crippen molar-refractivity contribution in [1.82, 2.24) is 9.80 Å². The fourth-order valence-electron chi connectivity index (χ4n) is 2.41. The van der Waals surface area contributed by atoms with Crippen LogP contribution in [0.2, 0.25) is 0 Å². The molecule has 0 spiro atoms. The molecule has 3 N–H and O–H groups in total. The summed E-state index contributed by atoms with van der Waals surface area (Å²) in [5.74, 6) is 0. The van der Waals surface area contributed by atoms with Gasteiger partial charge >= 0.3 is 0 Å². The Bertz CT molecular complexity index is 187. The summed E-state index contributed by atoms with van der Waals surface area (Å²) in [5.41, 5.74) is 5.88. The van der Waals surface area contributed by atoms with Crippen LogP contribution in [0.25, 0.3) is 0 Å². The Kier molecular flexibility index (Phi) is 4.99. The molecular formula is C11H25N3O. The van der Waals surface area contributed by atoms with Crippen LogP contribution in [0, 0.1) is 0 Å². The summed E-state index contributed by atoms with van der Waals surface area (Å²) in [7, 11) is 0. The molecule has 4 nitrogen and oxygen atoms in total. The van der Waals surface area contributed by atoms with Gasteiger partial charge in [0.1, 0.15) is 0 Å². The number of hydrogen-bond acceptors (Lipinski definition) is 4. The van der Waals surface area contributed by atoms with Crippen LogP contribution in [0.15, 0.2) is 0 Å². The van der Waals surface area contributed by atoms with Gasteiger partial charge in [0, 0.05) is 37.8 Å². The molecule has 1 rings (SSSR count). The molecule has 0 amide bonds. The molecule has 1 aliphatic rings. The van der Waals surface area contributed by atoms with Crippen molar-refractivity contribution >= 4 is 0 Å². The zero-order chi connectivity index (χ0) is 11.4. The summed E-state index contributed by atoms with van der Waals surface area (Å²) in [4.78, 5) is 4.79. The van der Waals surface area contributed by atoms with E-state index in [0.717, 1.165) is 26.2 Å². The van der Waals surface area contributed by atoms with Crippen LogP contribution in [-0.2, 0) is 0 Å². The van der Waals surface area contributed by atoms with Crippen molar-refractivity contribution in [2.75, 3.05) is 32.8 Å². The Labute approximate surface area is 93.0 Å². The summed E-state index contributed by atoms with van der Waals surface area (Å²) >= 11 is 0. The van der Waals surface area contributed by atoms with Crippen molar-refractivity contribution in [3.05, 3.63) is 0 Å². The zero-order valence-electron chi connectivity index (χ0n) is 10.2. The molecule has 3 atom stereocenters. The molecule has 0 aromatic carbocycles. The number of hydrogen-bond donors (Lipinski definition) is 2. The lowest BCUT2D eigenvalue weighted by Gasteiger charge is -2.43. The normalized spacial score (nSPS) is 29.0. The average molecular weight is 215 g/mol. The minimum Gasteiger partial charge on any atom is -0.395 e. The molecule has 1 aliphatic heterocycles. The topological polar surface area (TPSA) is 52.7 Å². The van der Waals surface area contributed by atoms with Crippen LogP contribution in [0.4, 0.5) is 0 Å². The molecule has 0 radical (unpaired) electrons. The molecule has 1 fully saturated rings. The molecule has 0 aromatic rings. The molecule has 3 unspecified atom stereocenters. The summed E-state index contributed by atoms with van der Waals surface area (Å²) in [6.07, 6.45) is 0. The summed E-state index contributed by atoms with van der Waals surface area (Å²) < 4.78 is 0. The van der Waals surface area contributed by atoms with Gasteiger partial charge in [-0.1, -0.05) is 6.92 Å². The van der Waals surface area contributed by atoms with Gasteiger partial charge in [-0.25, -0.2) is 0 Å². The number of nitrogens with zero attached hydrogens (tertiary/aromatic N) is 2. The van der Waals surface area contributed by atoms with E-state index >= 15 is 0 Å². The first-order chi connectivity index (χ1) is 7.10. The van der Waals surface area contributed by atoms with E-state index < -0.39 is 0 Å². The second kappa shape index (κ2) is 5.80. The number of likely N-dealkylation sites (N-methyl/N-ethyl adjacent to an activating group) is 1. The second-order valence-corrected chi connectivity index (χ2v) is 4.58. The summed E-state index contributed by atoms with van der Waals surface area (Å²) in [5, 5.41) is 9.32. The zero-order valence-corrected chi connectivity index (χ0v) is 10.2. The Morgan fingerprint density at radius 3 is 2.53 bits per heavy atom. The molecule has 0 saturated carbocycles.